The summed E-state index contributed by atoms with van der Waals surface area (Å²) in [5.74, 6) is 4.59. The Morgan fingerprint density at radius 3 is 2.49 bits per heavy atom. The third-order valence-corrected chi connectivity index (χ3v) is 13.5. The first-order valence-electron chi connectivity index (χ1n) is 17.4. The monoisotopic (exact) mass is 692 g/mol. The predicted octanol–water partition coefficient (Wildman–Crippen LogP) is 11.5. The van der Waals surface area contributed by atoms with Gasteiger partial charge in [-0.2, -0.15) is 0 Å². The van der Waals surface area contributed by atoms with Gasteiger partial charge >= 0.3 is 5.97 Å². The minimum atomic E-state index is -0.157. The molecular weight excluding hydrogens is 639 g/mol. The van der Waals surface area contributed by atoms with E-state index in [0.29, 0.717) is 22.3 Å². The van der Waals surface area contributed by atoms with E-state index in [1.54, 1.807) is 0 Å². The van der Waals surface area contributed by atoms with Crippen LogP contribution in [0.2, 0.25) is 0 Å². The lowest BCUT2D eigenvalue weighted by Crippen LogP contribution is -2.54. The average Bonchev–Trinajstić information content (AvgIpc) is 3.35. The van der Waals surface area contributed by atoms with Gasteiger partial charge in [-0.25, -0.2) is 4.79 Å². The first kappa shape index (κ1) is 31.4. The largest absolute Gasteiger partial charge is 0.459 e. The molecule has 2 nitrogen and oxygen atoms in total. The van der Waals surface area contributed by atoms with E-state index < -0.39 is 0 Å². The fraction of sp³-hybridized carbons (Fsp3) is 0.625. The van der Waals surface area contributed by atoms with Gasteiger partial charge < -0.3 is 4.74 Å². The molecule has 1 unspecified atom stereocenters. The van der Waals surface area contributed by atoms with E-state index in [0.717, 1.165) is 53.6 Å². The van der Waals surface area contributed by atoms with Crippen LogP contribution in [0.3, 0.4) is 0 Å². The molecule has 43 heavy (non-hydrogen) atoms. The van der Waals surface area contributed by atoms with Crippen molar-refractivity contribution in [1.82, 2.24) is 0 Å². The maximum Gasteiger partial charge on any atom is 0.338 e. The Morgan fingerprint density at radius 2 is 1.72 bits per heavy atom. The van der Waals surface area contributed by atoms with E-state index >= 15 is 0 Å². The van der Waals surface area contributed by atoms with Gasteiger partial charge in [0, 0.05) is 3.57 Å². The van der Waals surface area contributed by atoms with E-state index in [4.69, 9.17) is 4.74 Å². The van der Waals surface area contributed by atoms with Crippen molar-refractivity contribution in [3.63, 3.8) is 0 Å². The maximum absolute atomic E-state index is 13.3. The molecule has 6 rings (SSSR count). The third kappa shape index (κ3) is 6.15. The van der Waals surface area contributed by atoms with Gasteiger partial charge in [0.2, 0.25) is 0 Å². The molecule has 0 aromatic heterocycles. The lowest BCUT2D eigenvalue weighted by atomic mass is 9.44. The first-order chi connectivity index (χ1) is 20.6. The molecule has 0 radical (unpaired) electrons. The molecule has 3 fully saturated rings. The van der Waals surface area contributed by atoms with Gasteiger partial charge in [0.25, 0.3) is 0 Å². The van der Waals surface area contributed by atoms with Crippen LogP contribution in [0.4, 0.5) is 0 Å². The molecule has 8 atom stereocenters. The van der Waals surface area contributed by atoms with Crippen LogP contribution in [0, 0.1) is 49.9 Å². The molecular formula is C40H53IO2. The Bertz CT molecular complexity index is 1330. The SMILES string of the molecule is CC(C)CCC[C@@H](C)C1=CC[C@H]2[C@@H]3CCC4C[C@H](OC(=O)c5cccc(-c6ccc(I)cc6)c5)CC[C@]4(C)[C@H]3CC[C@]12C. The number of halogens is 1. The standard InChI is InChI=1S/C40H53IO2/c1-26(2)8-6-9-27(3)35-18-19-36-34-17-14-31-25-33(20-22-39(31,4)37(34)21-23-40(35,36)5)43-38(42)30-11-7-10-29(24-30)28-12-15-32(41)16-13-28/h7,10-13,15-16,18,24,26-27,31,33-34,36-37H,6,8-9,14,17,19-23,25H2,1-5H3/t27-,31?,33-,34+,36+,37+,39+,40-/m1/s1. The molecule has 4 aliphatic carbocycles. The topological polar surface area (TPSA) is 26.3 Å². The molecule has 0 saturated heterocycles. The maximum atomic E-state index is 13.3. The summed E-state index contributed by atoms with van der Waals surface area (Å²) < 4.78 is 7.45. The smallest absolute Gasteiger partial charge is 0.338 e. The van der Waals surface area contributed by atoms with E-state index in [1.165, 1.54) is 61.4 Å². The number of carbonyl (C=O) groups excluding carboxylic acids is 1. The Kier molecular flexibility index (Phi) is 9.22. The van der Waals surface area contributed by atoms with E-state index in [1.807, 2.05) is 23.8 Å². The molecule has 4 aliphatic rings. The minimum absolute atomic E-state index is 0.0457. The number of hydrogen-bond donors (Lipinski definition) is 0. The highest BCUT2D eigenvalue weighted by Gasteiger charge is 2.59. The molecule has 3 saturated carbocycles. The molecule has 0 heterocycles. The van der Waals surface area contributed by atoms with Crippen molar-refractivity contribution >= 4 is 28.6 Å². The quantitative estimate of drug-likeness (QED) is 0.156. The Balaban J connectivity index is 1.08. The number of carbonyl (C=O) groups is 1. The lowest BCUT2D eigenvalue weighted by Gasteiger charge is -2.61. The van der Waals surface area contributed by atoms with Crippen molar-refractivity contribution in [3.8, 4) is 11.1 Å². The van der Waals surface area contributed by atoms with Crippen LogP contribution in [0.25, 0.3) is 11.1 Å². The molecule has 0 spiro atoms. The van der Waals surface area contributed by atoms with Crippen LogP contribution in [-0.4, -0.2) is 12.1 Å². The van der Waals surface area contributed by atoms with Gasteiger partial charge in [-0.3, -0.25) is 0 Å². The average molecular weight is 693 g/mol. The van der Waals surface area contributed by atoms with Crippen molar-refractivity contribution in [2.75, 3.05) is 0 Å². The second-order valence-corrected chi connectivity index (χ2v) is 16.9. The molecule has 2 aromatic carbocycles. The molecule has 0 bridgehead atoms. The van der Waals surface area contributed by atoms with Gasteiger partial charge in [-0.1, -0.05) is 83.4 Å². The highest BCUT2D eigenvalue weighted by Crippen LogP contribution is 2.67. The summed E-state index contributed by atoms with van der Waals surface area (Å²) in [6, 6.07) is 16.4. The van der Waals surface area contributed by atoms with Gasteiger partial charge in [0.05, 0.1) is 5.56 Å². The van der Waals surface area contributed by atoms with Crippen molar-refractivity contribution in [2.24, 2.45) is 46.3 Å². The van der Waals surface area contributed by atoms with Crippen LogP contribution in [-0.2, 0) is 4.74 Å². The number of allylic oxidation sites excluding steroid dienone is 2. The number of benzene rings is 2. The molecule has 232 valence electrons. The Labute approximate surface area is 275 Å². The lowest BCUT2D eigenvalue weighted by molar-refractivity contribution is -0.120. The van der Waals surface area contributed by atoms with Crippen LogP contribution >= 0.6 is 22.6 Å². The highest BCUT2D eigenvalue weighted by atomic mass is 127. The van der Waals surface area contributed by atoms with Gasteiger partial charge in [0.15, 0.2) is 0 Å². The summed E-state index contributed by atoms with van der Waals surface area (Å²) in [6.07, 6.45) is 16.8. The van der Waals surface area contributed by atoms with Crippen LogP contribution in [0.5, 0.6) is 0 Å². The van der Waals surface area contributed by atoms with E-state index in [-0.39, 0.29) is 12.1 Å². The second-order valence-electron chi connectivity index (χ2n) is 15.6. The fourth-order valence-electron chi connectivity index (χ4n) is 10.4. The number of fused-ring (bicyclic) bond motifs is 5. The summed E-state index contributed by atoms with van der Waals surface area (Å²) in [4.78, 5) is 13.3. The number of esters is 1. The molecule has 0 aliphatic heterocycles. The van der Waals surface area contributed by atoms with Gasteiger partial charge in [-0.05, 0) is 162 Å². The molecule has 2 aromatic rings. The second kappa shape index (κ2) is 12.6. The first-order valence-corrected chi connectivity index (χ1v) is 18.4. The zero-order valence-corrected chi connectivity index (χ0v) is 29.4. The zero-order valence-electron chi connectivity index (χ0n) is 27.2. The Hall–Kier alpha value is -1.62. The van der Waals surface area contributed by atoms with Crippen molar-refractivity contribution in [3.05, 3.63) is 69.3 Å². The fourth-order valence-corrected chi connectivity index (χ4v) is 10.7. The van der Waals surface area contributed by atoms with E-state index in [9.17, 15) is 4.79 Å². The highest BCUT2D eigenvalue weighted by molar-refractivity contribution is 14.1. The number of ether oxygens (including phenoxy) is 1. The zero-order chi connectivity index (χ0) is 30.4. The third-order valence-electron chi connectivity index (χ3n) is 12.8. The Morgan fingerprint density at radius 1 is 0.930 bits per heavy atom. The van der Waals surface area contributed by atoms with Gasteiger partial charge in [-0.15, -0.1) is 0 Å². The van der Waals surface area contributed by atoms with Crippen LogP contribution in [0.1, 0.15) is 116 Å². The summed E-state index contributed by atoms with van der Waals surface area (Å²) >= 11 is 2.33. The van der Waals surface area contributed by atoms with Crippen molar-refractivity contribution in [2.45, 2.75) is 111 Å². The summed E-state index contributed by atoms with van der Waals surface area (Å²) in [5.41, 5.74) is 5.49. The van der Waals surface area contributed by atoms with Crippen molar-refractivity contribution < 1.29 is 9.53 Å². The van der Waals surface area contributed by atoms with Gasteiger partial charge in [0.1, 0.15) is 6.10 Å². The number of rotatable bonds is 8. The molecule has 0 N–H and O–H groups in total. The normalized spacial score (nSPS) is 34.1. The minimum Gasteiger partial charge on any atom is -0.459 e. The predicted molar refractivity (Wildman–Crippen MR) is 187 cm³/mol. The summed E-state index contributed by atoms with van der Waals surface area (Å²) in [5, 5.41) is 0. The molecule has 3 heteroatoms. The summed E-state index contributed by atoms with van der Waals surface area (Å²) in [7, 11) is 0. The van der Waals surface area contributed by atoms with E-state index in [2.05, 4.69) is 93.6 Å². The van der Waals surface area contributed by atoms with Crippen LogP contribution < -0.4 is 0 Å². The number of hydrogen-bond acceptors (Lipinski definition) is 2. The van der Waals surface area contributed by atoms with Crippen molar-refractivity contribution in [1.29, 1.82) is 0 Å². The van der Waals surface area contributed by atoms with Crippen LogP contribution in [0.15, 0.2) is 60.2 Å². The molecule has 0 amide bonds. The summed E-state index contributed by atoms with van der Waals surface area (Å²) in [6.45, 7) is 12.5.